The third-order valence-corrected chi connectivity index (χ3v) is 8.87. The highest BCUT2D eigenvalue weighted by Crippen LogP contribution is 2.33. The third-order valence-electron chi connectivity index (χ3n) is 8.87. The topological polar surface area (TPSA) is 119 Å². The van der Waals surface area contributed by atoms with E-state index in [1.807, 2.05) is 52.0 Å². The summed E-state index contributed by atoms with van der Waals surface area (Å²) < 4.78 is 50.5. The molecule has 13 heteroatoms. The maximum Gasteiger partial charge on any atom is 0.492 e. The van der Waals surface area contributed by atoms with Crippen LogP contribution in [0.4, 0.5) is 13.2 Å². The summed E-state index contributed by atoms with van der Waals surface area (Å²) in [7, 11) is -2.06. The fraction of sp³-hybridized carbons (Fsp3) is 0.333. The van der Waals surface area contributed by atoms with E-state index in [-0.39, 0.29) is 24.3 Å². The molecule has 0 amide bonds. The molecular weight excluding hydrogens is 635 g/mol. The molecule has 0 unspecified atom stereocenters. The Bertz CT molecular complexity index is 1950. The standard InChI is InChI=1S/C18H17BF3NO3.C18H20BNO3/c1-10-4-6-12(16(23-10)18(20,21)22)15(24)9-11-5-7-13-14(8-11)19(25)26-17(13,2)3;1-11-7-14(10-20-12(11)2)17(21)9-13-5-6-15-16(8-13)19(22)23-18(15,3)4/h4-8,25H,9H2,1-3H3;5-8,10,22H,9H2,1-4H3. The van der Waals surface area contributed by atoms with Crippen LogP contribution in [-0.2, 0) is 39.5 Å². The average Bonchev–Trinajstić information content (AvgIpc) is 3.38. The van der Waals surface area contributed by atoms with Crippen molar-refractivity contribution in [2.45, 2.75) is 78.7 Å². The van der Waals surface area contributed by atoms with E-state index >= 15 is 0 Å². The van der Waals surface area contributed by atoms with Crippen molar-refractivity contribution in [3.05, 3.63) is 117 Å². The van der Waals surface area contributed by atoms with Gasteiger partial charge in [0.05, 0.1) is 11.2 Å². The van der Waals surface area contributed by atoms with E-state index in [2.05, 4.69) is 9.97 Å². The van der Waals surface area contributed by atoms with Gasteiger partial charge in [-0.3, -0.25) is 14.6 Å². The Hall–Kier alpha value is -4.16. The molecule has 2 aliphatic heterocycles. The van der Waals surface area contributed by atoms with Crippen molar-refractivity contribution in [2.24, 2.45) is 0 Å². The van der Waals surface area contributed by atoms with Gasteiger partial charge in [0.2, 0.25) is 0 Å². The van der Waals surface area contributed by atoms with Crippen LogP contribution in [0.3, 0.4) is 0 Å². The number of pyridine rings is 2. The monoisotopic (exact) mass is 672 g/mol. The lowest BCUT2D eigenvalue weighted by Gasteiger charge is -2.19. The summed E-state index contributed by atoms with van der Waals surface area (Å²) in [5.74, 6) is -0.661. The Kier molecular flexibility index (Phi) is 9.79. The summed E-state index contributed by atoms with van der Waals surface area (Å²) in [6.45, 7) is 12.8. The number of ketones is 2. The Labute approximate surface area is 284 Å². The number of rotatable bonds is 6. The van der Waals surface area contributed by atoms with Crippen LogP contribution >= 0.6 is 0 Å². The van der Waals surface area contributed by atoms with Gasteiger partial charge in [-0.15, -0.1) is 0 Å². The lowest BCUT2D eigenvalue weighted by Crippen LogP contribution is -2.29. The van der Waals surface area contributed by atoms with Crippen LogP contribution in [0.1, 0.15) is 93.3 Å². The summed E-state index contributed by atoms with van der Waals surface area (Å²) in [5, 5.41) is 20.1. The molecule has 4 aromatic rings. The van der Waals surface area contributed by atoms with Crippen LogP contribution in [0.2, 0.25) is 0 Å². The number of alkyl halides is 3. The maximum atomic E-state index is 13.2. The van der Waals surface area contributed by atoms with Gasteiger partial charge >= 0.3 is 20.4 Å². The first-order valence-corrected chi connectivity index (χ1v) is 15.8. The van der Waals surface area contributed by atoms with Gasteiger partial charge < -0.3 is 19.4 Å². The number of carbonyl (C=O) groups excluding carboxylic acids is 2. The molecular formula is C36H37B2F3N2O6. The summed E-state index contributed by atoms with van der Waals surface area (Å²) in [6, 6.07) is 15.1. The molecule has 8 nitrogen and oxygen atoms in total. The Morgan fingerprint density at radius 2 is 1.29 bits per heavy atom. The average molecular weight is 672 g/mol. The van der Waals surface area contributed by atoms with Crippen LogP contribution in [0.25, 0.3) is 0 Å². The van der Waals surface area contributed by atoms with Crippen molar-refractivity contribution in [1.29, 1.82) is 0 Å². The number of aryl methyl sites for hydroxylation is 3. The van der Waals surface area contributed by atoms with Crippen LogP contribution in [0, 0.1) is 20.8 Å². The van der Waals surface area contributed by atoms with Crippen molar-refractivity contribution in [3.63, 3.8) is 0 Å². The molecule has 0 radical (unpaired) electrons. The second-order valence-electron chi connectivity index (χ2n) is 13.5. The minimum Gasteiger partial charge on any atom is -0.423 e. The molecule has 0 atom stereocenters. The van der Waals surface area contributed by atoms with Gasteiger partial charge in [-0.25, -0.2) is 4.98 Å². The van der Waals surface area contributed by atoms with Gasteiger partial charge in [0.1, 0.15) is 0 Å². The Morgan fingerprint density at radius 1 is 0.776 bits per heavy atom. The van der Waals surface area contributed by atoms with Crippen molar-refractivity contribution >= 4 is 36.7 Å². The normalized spacial score (nSPS) is 15.8. The number of hydrogen-bond acceptors (Lipinski definition) is 8. The molecule has 49 heavy (non-hydrogen) atoms. The molecule has 0 saturated heterocycles. The Morgan fingerprint density at radius 3 is 1.78 bits per heavy atom. The maximum absolute atomic E-state index is 13.2. The third kappa shape index (κ3) is 7.70. The molecule has 2 aromatic heterocycles. The first kappa shape index (κ1) is 36.1. The van der Waals surface area contributed by atoms with E-state index in [1.165, 1.54) is 13.0 Å². The van der Waals surface area contributed by atoms with Gasteiger partial charge in [0.15, 0.2) is 17.3 Å². The van der Waals surface area contributed by atoms with Crippen molar-refractivity contribution in [2.75, 3.05) is 0 Å². The number of Topliss-reactive ketones (excluding diaryl/α,β-unsaturated/α-hetero) is 2. The second-order valence-corrected chi connectivity index (χ2v) is 13.5. The number of hydrogen-bond donors (Lipinski definition) is 2. The van der Waals surface area contributed by atoms with Crippen LogP contribution in [0.5, 0.6) is 0 Å². The van der Waals surface area contributed by atoms with Gasteiger partial charge in [-0.1, -0.05) is 36.4 Å². The molecule has 2 aromatic carbocycles. The SMILES string of the molecule is Cc1cc(C(=O)Cc2ccc3c(c2)B(O)OC3(C)C)cnc1C.Cc1ccc(C(=O)Cc2ccc3c(c2)B(O)OC3(C)C)c(C(F)(F)F)n1. The smallest absolute Gasteiger partial charge is 0.423 e. The van der Waals surface area contributed by atoms with Crippen molar-refractivity contribution in [3.8, 4) is 0 Å². The quantitative estimate of drug-likeness (QED) is 0.220. The van der Waals surface area contributed by atoms with E-state index in [0.717, 1.165) is 39.5 Å². The fourth-order valence-electron chi connectivity index (χ4n) is 6.12. The highest BCUT2D eigenvalue weighted by atomic mass is 19.4. The zero-order valence-electron chi connectivity index (χ0n) is 28.4. The molecule has 0 spiro atoms. The lowest BCUT2D eigenvalue weighted by atomic mass is 9.77. The summed E-state index contributed by atoms with van der Waals surface area (Å²) in [4.78, 5) is 32.7. The number of benzene rings is 2. The summed E-state index contributed by atoms with van der Waals surface area (Å²) in [5.41, 5.74) is 4.34. The number of nitrogens with zero attached hydrogens (tertiary/aromatic N) is 2. The highest BCUT2D eigenvalue weighted by Gasteiger charge is 2.42. The molecule has 0 fully saturated rings. The van der Waals surface area contributed by atoms with Crippen LogP contribution < -0.4 is 10.9 Å². The lowest BCUT2D eigenvalue weighted by molar-refractivity contribution is -0.141. The van der Waals surface area contributed by atoms with E-state index in [0.29, 0.717) is 16.6 Å². The minimum absolute atomic E-state index is 0.0215. The van der Waals surface area contributed by atoms with Gasteiger partial charge in [0, 0.05) is 41.6 Å². The zero-order valence-corrected chi connectivity index (χ0v) is 28.4. The van der Waals surface area contributed by atoms with Crippen molar-refractivity contribution < 1.29 is 42.1 Å². The van der Waals surface area contributed by atoms with Gasteiger partial charge in [-0.05, 0) is 105 Å². The Balaban J connectivity index is 0.000000192. The largest absolute Gasteiger partial charge is 0.492 e. The molecule has 0 saturated carbocycles. The molecule has 0 aliphatic carbocycles. The molecule has 2 N–H and O–H groups in total. The molecule has 254 valence electrons. The number of carbonyl (C=O) groups is 2. The number of aromatic nitrogens is 2. The van der Waals surface area contributed by atoms with E-state index in [1.54, 1.807) is 38.2 Å². The van der Waals surface area contributed by atoms with Gasteiger partial charge in [-0.2, -0.15) is 13.2 Å². The van der Waals surface area contributed by atoms with Crippen molar-refractivity contribution in [1.82, 2.24) is 9.97 Å². The predicted octanol–water partition coefficient (Wildman–Crippen LogP) is 4.86. The predicted molar refractivity (Wildman–Crippen MR) is 180 cm³/mol. The number of halogens is 3. The van der Waals surface area contributed by atoms with Crippen LogP contribution in [-0.4, -0.2) is 45.8 Å². The second kappa shape index (κ2) is 13.3. The zero-order chi connectivity index (χ0) is 36.1. The van der Waals surface area contributed by atoms with E-state index in [4.69, 9.17) is 9.31 Å². The first-order valence-electron chi connectivity index (χ1n) is 15.8. The van der Waals surface area contributed by atoms with E-state index in [9.17, 15) is 32.8 Å². The molecule has 0 bridgehead atoms. The van der Waals surface area contributed by atoms with E-state index < -0.39 is 48.7 Å². The molecule has 6 rings (SSSR count). The summed E-state index contributed by atoms with van der Waals surface area (Å²) in [6.07, 6.45) is -3.03. The number of fused-ring (bicyclic) bond motifs is 2. The first-order chi connectivity index (χ1) is 22.8. The molecule has 2 aliphatic rings. The van der Waals surface area contributed by atoms with Crippen LogP contribution in [0.15, 0.2) is 60.8 Å². The summed E-state index contributed by atoms with van der Waals surface area (Å²) >= 11 is 0. The highest BCUT2D eigenvalue weighted by molar-refractivity contribution is 6.62. The molecule has 4 heterocycles. The van der Waals surface area contributed by atoms with Gasteiger partial charge in [0.25, 0.3) is 0 Å². The minimum atomic E-state index is -4.71. The fourth-order valence-corrected chi connectivity index (χ4v) is 6.12.